The molecule has 94 valence electrons. The third-order valence-electron chi connectivity index (χ3n) is 3.06. The molecule has 0 radical (unpaired) electrons. The first kappa shape index (κ1) is 12.3. The number of piperazine rings is 1. The molecule has 1 aromatic rings. The molecule has 1 aliphatic heterocycles. The number of β-amino-alcohol motifs (C(OH)–C–C–N with tert-alkyl or cyclic N) is 1. The Labute approximate surface area is 101 Å². The Bertz CT molecular complexity index is 326. The predicted octanol–water partition coefficient (Wildman–Crippen LogP) is -0.443. The molecule has 0 bridgehead atoms. The molecule has 1 aliphatic rings. The van der Waals surface area contributed by atoms with Crippen LogP contribution < -0.4 is 4.90 Å². The number of anilines is 1. The molecule has 2 heterocycles. The fourth-order valence-electron chi connectivity index (χ4n) is 2.09. The summed E-state index contributed by atoms with van der Waals surface area (Å²) in [6.07, 6.45) is 3.02. The first-order valence-electron chi connectivity index (χ1n) is 5.96. The van der Waals surface area contributed by atoms with Crippen molar-refractivity contribution in [1.29, 1.82) is 0 Å². The van der Waals surface area contributed by atoms with Crippen molar-refractivity contribution in [3.05, 3.63) is 24.5 Å². The summed E-state index contributed by atoms with van der Waals surface area (Å²) in [6, 6.07) is 4.00. The predicted molar refractivity (Wildman–Crippen MR) is 66.0 cm³/mol. The van der Waals surface area contributed by atoms with E-state index in [-0.39, 0.29) is 6.61 Å². The fourth-order valence-corrected chi connectivity index (χ4v) is 2.09. The Morgan fingerprint density at radius 2 is 2.06 bits per heavy atom. The molecule has 2 N–H and O–H groups in total. The van der Waals surface area contributed by atoms with Gasteiger partial charge in [-0.3, -0.25) is 9.88 Å². The fraction of sp³-hybridized carbons (Fsp3) is 0.583. The van der Waals surface area contributed by atoms with Gasteiger partial charge in [0.25, 0.3) is 0 Å². The lowest BCUT2D eigenvalue weighted by molar-refractivity contribution is 0.0575. The first-order valence-corrected chi connectivity index (χ1v) is 5.96. The van der Waals surface area contributed by atoms with Crippen LogP contribution in [0, 0.1) is 0 Å². The average Bonchev–Trinajstić information content (AvgIpc) is 2.40. The summed E-state index contributed by atoms with van der Waals surface area (Å²) in [5.41, 5.74) is 1.15. The molecular weight excluding hydrogens is 218 g/mol. The van der Waals surface area contributed by atoms with Gasteiger partial charge in [0.05, 0.1) is 24.6 Å². The molecule has 5 nitrogen and oxygen atoms in total. The van der Waals surface area contributed by atoms with Crippen LogP contribution in [0.1, 0.15) is 0 Å². The molecule has 17 heavy (non-hydrogen) atoms. The average molecular weight is 237 g/mol. The zero-order chi connectivity index (χ0) is 12.1. The van der Waals surface area contributed by atoms with Gasteiger partial charge in [0, 0.05) is 38.9 Å². The standard InChI is InChI=1S/C12H19N3O2/c16-10-12(17)9-14-4-6-15(7-5-14)11-2-1-3-13-8-11/h1-3,8,12,16-17H,4-7,9-10H2/t12-/m1/s1. The van der Waals surface area contributed by atoms with Crippen molar-refractivity contribution in [2.75, 3.05) is 44.2 Å². The van der Waals surface area contributed by atoms with E-state index in [4.69, 9.17) is 5.11 Å². The van der Waals surface area contributed by atoms with Gasteiger partial charge < -0.3 is 15.1 Å². The minimum absolute atomic E-state index is 0.164. The molecule has 0 aromatic carbocycles. The van der Waals surface area contributed by atoms with Crippen LogP contribution in [-0.2, 0) is 0 Å². The van der Waals surface area contributed by atoms with Crippen molar-refractivity contribution in [3.63, 3.8) is 0 Å². The monoisotopic (exact) mass is 237 g/mol. The minimum Gasteiger partial charge on any atom is -0.394 e. The van der Waals surface area contributed by atoms with Crippen LogP contribution in [0.3, 0.4) is 0 Å². The minimum atomic E-state index is -0.625. The van der Waals surface area contributed by atoms with Crippen LogP contribution in [0.25, 0.3) is 0 Å². The lowest BCUT2D eigenvalue weighted by atomic mass is 10.2. The third kappa shape index (κ3) is 3.39. The van der Waals surface area contributed by atoms with E-state index >= 15 is 0 Å². The maximum absolute atomic E-state index is 9.38. The molecule has 0 aliphatic carbocycles. The molecular formula is C12H19N3O2. The largest absolute Gasteiger partial charge is 0.394 e. The summed E-state index contributed by atoms with van der Waals surface area (Å²) < 4.78 is 0. The summed E-state index contributed by atoms with van der Waals surface area (Å²) in [6.45, 7) is 4.08. The van der Waals surface area contributed by atoms with Crippen LogP contribution in [0.2, 0.25) is 0 Å². The number of hydrogen-bond acceptors (Lipinski definition) is 5. The number of nitrogens with zero attached hydrogens (tertiary/aromatic N) is 3. The number of aliphatic hydroxyl groups excluding tert-OH is 2. The highest BCUT2D eigenvalue weighted by Gasteiger charge is 2.18. The van der Waals surface area contributed by atoms with Crippen molar-refractivity contribution in [3.8, 4) is 0 Å². The van der Waals surface area contributed by atoms with Gasteiger partial charge in [-0.1, -0.05) is 0 Å². The zero-order valence-electron chi connectivity index (χ0n) is 9.87. The van der Waals surface area contributed by atoms with Crippen molar-refractivity contribution in [1.82, 2.24) is 9.88 Å². The van der Waals surface area contributed by atoms with Gasteiger partial charge in [-0.15, -0.1) is 0 Å². The van der Waals surface area contributed by atoms with Gasteiger partial charge in [0.1, 0.15) is 0 Å². The van der Waals surface area contributed by atoms with Gasteiger partial charge in [0.2, 0.25) is 0 Å². The van der Waals surface area contributed by atoms with Crippen molar-refractivity contribution in [2.45, 2.75) is 6.10 Å². The van der Waals surface area contributed by atoms with E-state index in [0.29, 0.717) is 6.54 Å². The van der Waals surface area contributed by atoms with E-state index in [1.807, 2.05) is 12.3 Å². The Balaban J connectivity index is 1.82. The number of rotatable bonds is 4. The van der Waals surface area contributed by atoms with Gasteiger partial charge in [0.15, 0.2) is 0 Å². The Morgan fingerprint density at radius 3 is 2.65 bits per heavy atom. The summed E-state index contributed by atoms with van der Waals surface area (Å²) in [4.78, 5) is 8.57. The zero-order valence-corrected chi connectivity index (χ0v) is 9.87. The highest BCUT2D eigenvalue weighted by Crippen LogP contribution is 2.14. The normalized spacial score (nSPS) is 19.3. The highest BCUT2D eigenvalue weighted by molar-refractivity contribution is 5.43. The molecule has 1 aromatic heterocycles. The molecule has 0 amide bonds. The molecule has 0 saturated carbocycles. The summed E-state index contributed by atoms with van der Waals surface area (Å²) in [5, 5.41) is 18.2. The molecule has 1 saturated heterocycles. The summed E-state index contributed by atoms with van der Waals surface area (Å²) in [7, 11) is 0. The van der Waals surface area contributed by atoms with Crippen molar-refractivity contribution in [2.24, 2.45) is 0 Å². The Kier molecular flexibility index (Phi) is 4.30. The van der Waals surface area contributed by atoms with E-state index < -0.39 is 6.10 Å². The van der Waals surface area contributed by atoms with Gasteiger partial charge >= 0.3 is 0 Å². The van der Waals surface area contributed by atoms with Gasteiger partial charge in [-0.25, -0.2) is 0 Å². The highest BCUT2D eigenvalue weighted by atomic mass is 16.3. The summed E-state index contributed by atoms with van der Waals surface area (Å²) >= 11 is 0. The molecule has 0 unspecified atom stereocenters. The molecule has 1 atom stereocenters. The van der Waals surface area contributed by atoms with Crippen LogP contribution in [-0.4, -0.2) is 65.5 Å². The second kappa shape index (κ2) is 5.95. The van der Waals surface area contributed by atoms with Crippen molar-refractivity contribution < 1.29 is 10.2 Å². The van der Waals surface area contributed by atoms with Crippen LogP contribution in [0.15, 0.2) is 24.5 Å². The number of aliphatic hydroxyl groups is 2. The van der Waals surface area contributed by atoms with Crippen LogP contribution in [0.4, 0.5) is 5.69 Å². The van der Waals surface area contributed by atoms with Crippen molar-refractivity contribution >= 4 is 5.69 Å². The Hall–Kier alpha value is -1.17. The number of hydrogen-bond donors (Lipinski definition) is 2. The van der Waals surface area contributed by atoms with Gasteiger partial charge in [-0.2, -0.15) is 0 Å². The van der Waals surface area contributed by atoms with Crippen LogP contribution in [0.5, 0.6) is 0 Å². The third-order valence-corrected chi connectivity index (χ3v) is 3.06. The molecule has 1 fully saturated rings. The van der Waals surface area contributed by atoms with E-state index in [1.54, 1.807) is 6.20 Å². The molecule has 5 heteroatoms. The number of pyridine rings is 1. The molecule has 2 rings (SSSR count). The van der Waals surface area contributed by atoms with E-state index in [2.05, 4.69) is 20.9 Å². The summed E-state index contributed by atoms with van der Waals surface area (Å²) in [5.74, 6) is 0. The second-order valence-corrected chi connectivity index (χ2v) is 4.34. The maximum atomic E-state index is 9.38. The molecule has 0 spiro atoms. The van der Waals surface area contributed by atoms with E-state index in [9.17, 15) is 5.11 Å². The van der Waals surface area contributed by atoms with E-state index in [0.717, 1.165) is 31.9 Å². The number of aromatic nitrogens is 1. The Morgan fingerprint density at radius 1 is 1.29 bits per heavy atom. The smallest absolute Gasteiger partial charge is 0.0897 e. The maximum Gasteiger partial charge on any atom is 0.0897 e. The quantitative estimate of drug-likeness (QED) is 0.743. The topological polar surface area (TPSA) is 59.8 Å². The van der Waals surface area contributed by atoms with Crippen LogP contribution >= 0.6 is 0 Å². The first-order chi connectivity index (χ1) is 8.29. The lowest BCUT2D eigenvalue weighted by Gasteiger charge is -2.36. The lowest BCUT2D eigenvalue weighted by Crippen LogP contribution is -2.49. The SMILES string of the molecule is OC[C@H](O)CN1CCN(c2cccnc2)CC1. The van der Waals surface area contributed by atoms with E-state index in [1.165, 1.54) is 0 Å². The second-order valence-electron chi connectivity index (χ2n) is 4.34. The van der Waals surface area contributed by atoms with Gasteiger partial charge in [-0.05, 0) is 12.1 Å².